The predicted octanol–water partition coefficient (Wildman–Crippen LogP) is 5.53. The third-order valence-electron chi connectivity index (χ3n) is 4.71. The Morgan fingerprint density at radius 1 is 1.00 bits per heavy atom. The highest BCUT2D eigenvalue weighted by atomic mass is 35.5. The van der Waals surface area contributed by atoms with E-state index in [-0.39, 0.29) is 5.43 Å². The van der Waals surface area contributed by atoms with E-state index in [0.717, 1.165) is 23.5 Å². The summed E-state index contributed by atoms with van der Waals surface area (Å²) in [6.45, 7) is 3.63. The first-order valence-electron chi connectivity index (χ1n) is 8.31. The Hall–Kier alpha value is -2.92. The molecule has 0 saturated carbocycles. The van der Waals surface area contributed by atoms with Gasteiger partial charge in [0, 0.05) is 34.1 Å². The Balaban J connectivity index is 1.83. The molecule has 0 spiro atoms. The SMILES string of the molecule is Cc1cc2[nH]c(-c3ccc(-n4cc(F)c(F)c4)cc3)c(C)c(=O)c2cc1Cl. The summed E-state index contributed by atoms with van der Waals surface area (Å²) in [7, 11) is 0. The summed E-state index contributed by atoms with van der Waals surface area (Å²) in [4.78, 5) is 16.1. The monoisotopic (exact) mass is 384 g/mol. The molecule has 0 fully saturated rings. The van der Waals surface area contributed by atoms with Crippen LogP contribution in [0.25, 0.3) is 27.8 Å². The minimum absolute atomic E-state index is 0.0840. The molecule has 3 nitrogen and oxygen atoms in total. The van der Waals surface area contributed by atoms with Crippen molar-refractivity contribution in [3.63, 3.8) is 0 Å². The molecular formula is C21H15ClF2N2O. The van der Waals surface area contributed by atoms with E-state index in [1.54, 1.807) is 37.3 Å². The standard InChI is InChI=1S/C21H15ClF2N2O/c1-11-7-19-15(8-16(11)22)21(27)12(2)20(25-19)13-3-5-14(6-4-13)26-9-17(23)18(24)10-26/h3-10H,1-2H3,(H,25,27). The number of hydrogen-bond acceptors (Lipinski definition) is 1. The quantitative estimate of drug-likeness (QED) is 0.484. The van der Waals surface area contributed by atoms with Crippen LogP contribution in [0.4, 0.5) is 8.78 Å². The van der Waals surface area contributed by atoms with Gasteiger partial charge >= 0.3 is 0 Å². The van der Waals surface area contributed by atoms with Gasteiger partial charge in [0.1, 0.15) is 0 Å². The first-order valence-corrected chi connectivity index (χ1v) is 8.69. The molecule has 27 heavy (non-hydrogen) atoms. The third kappa shape index (κ3) is 2.94. The van der Waals surface area contributed by atoms with Crippen molar-refractivity contribution in [3.05, 3.63) is 86.8 Å². The van der Waals surface area contributed by atoms with E-state index >= 15 is 0 Å². The second-order valence-corrected chi connectivity index (χ2v) is 6.92. The summed E-state index contributed by atoms with van der Waals surface area (Å²) in [6.07, 6.45) is 2.17. The molecule has 0 radical (unpaired) electrons. The number of aryl methyl sites for hydroxylation is 1. The minimum Gasteiger partial charge on any atom is -0.354 e. The second kappa shape index (κ2) is 6.35. The molecule has 0 unspecified atom stereocenters. The summed E-state index contributed by atoms with van der Waals surface area (Å²) in [5.41, 5.74) is 4.20. The maximum atomic E-state index is 13.2. The summed E-state index contributed by atoms with van der Waals surface area (Å²) in [5, 5.41) is 1.09. The van der Waals surface area contributed by atoms with Crippen molar-refractivity contribution in [3.8, 4) is 16.9 Å². The summed E-state index contributed by atoms with van der Waals surface area (Å²) >= 11 is 6.15. The summed E-state index contributed by atoms with van der Waals surface area (Å²) < 4.78 is 27.8. The average Bonchev–Trinajstić information content (AvgIpc) is 2.99. The van der Waals surface area contributed by atoms with Crippen molar-refractivity contribution in [1.29, 1.82) is 0 Å². The van der Waals surface area contributed by atoms with E-state index in [2.05, 4.69) is 4.98 Å². The summed E-state index contributed by atoms with van der Waals surface area (Å²) in [5.74, 6) is -1.80. The molecule has 2 heterocycles. The highest BCUT2D eigenvalue weighted by Crippen LogP contribution is 2.26. The van der Waals surface area contributed by atoms with Crippen LogP contribution in [0.3, 0.4) is 0 Å². The van der Waals surface area contributed by atoms with Gasteiger partial charge in [0.05, 0.1) is 11.2 Å². The number of H-pyrrole nitrogens is 1. The number of halogens is 3. The molecule has 0 amide bonds. The third-order valence-corrected chi connectivity index (χ3v) is 5.11. The van der Waals surface area contributed by atoms with E-state index in [4.69, 9.17) is 11.6 Å². The van der Waals surface area contributed by atoms with Crippen molar-refractivity contribution >= 4 is 22.5 Å². The lowest BCUT2D eigenvalue weighted by atomic mass is 10.0. The van der Waals surface area contributed by atoms with Crippen LogP contribution in [0.15, 0.2) is 53.6 Å². The molecule has 1 N–H and O–H groups in total. The molecule has 6 heteroatoms. The molecule has 136 valence electrons. The largest absolute Gasteiger partial charge is 0.354 e. The van der Waals surface area contributed by atoms with Crippen LogP contribution >= 0.6 is 11.6 Å². The smallest absolute Gasteiger partial charge is 0.192 e. The fourth-order valence-electron chi connectivity index (χ4n) is 3.16. The maximum Gasteiger partial charge on any atom is 0.192 e. The fraction of sp³-hybridized carbons (Fsp3) is 0.0952. The highest BCUT2D eigenvalue weighted by molar-refractivity contribution is 6.32. The van der Waals surface area contributed by atoms with Crippen LogP contribution in [0.1, 0.15) is 11.1 Å². The van der Waals surface area contributed by atoms with Gasteiger partial charge in [-0.2, -0.15) is 0 Å². The normalized spacial score (nSPS) is 11.3. The highest BCUT2D eigenvalue weighted by Gasteiger charge is 2.12. The van der Waals surface area contributed by atoms with Crippen molar-refractivity contribution in [2.75, 3.05) is 0 Å². The zero-order valence-corrected chi connectivity index (χ0v) is 15.4. The van der Waals surface area contributed by atoms with Gasteiger partial charge in [-0.3, -0.25) is 4.79 Å². The molecular weight excluding hydrogens is 370 g/mol. The number of rotatable bonds is 2. The molecule has 4 aromatic rings. The zero-order valence-electron chi connectivity index (χ0n) is 14.6. The van der Waals surface area contributed by atoms with Crippen molar-refractivity contribution in [2.24, 2.45) is 0 Å². The van der Waals surface area contributed by atoms with Crippen LogP contribution in [-0.2, 0) is 0 Å². The van der Waals surface area contributed by atoms with E-state index in [9.17, 15) is 13.6 Å². The van der Waals surface area contributed by atoms with Crippen LogP contribution in [0.5, 0.6) is 0 Å². The van der Waals surface area contributed by atoms with Gasteiger partial charge in [-0.15, -0.1) is 0 Å². The number of benzene rings is 2. The molecule has 2 aromatic heterocycles. The van der Waals surface area contributed by atoms with Gasteiger partial charge in [-0.05, 0) is 49.2 Å². The molecule has 0 aliphatic rings. The Bertz CT molecular complexity index is 1220. The Labute approximate surface area is 158 Å². The van der Waals surface area contributed by atoms with Crippen LogP contribution in [0.2, 0.25) is 5.02 Å². The van der Waals surface area contributed by atoms with Gasteiger partial charge in [0.15, 0.2) is 17.1 Å². The van der Waals surface area contributed by atoms with Gasteiger partial charge in [-0.1, -0.05) is 23.7 Å². The lowest BCUT2D eigenvalue weighted by molar-refractivity contribution is 0.516. The van der Waals surface area contributed by atoms with E-state index < -0.39 is 11.6 Å². The van der Waals surface area contributed by atoms with Crippen molar-refractivity contribution in [1.82, 2.24) is 9.55 Å². The van der Waals surface area contributed by atoms with Crippen molar-refractivity contribution in [2.45, 2.75) is 13.8 Å². The lowest BCUT2D eigenvalue weighted by Crippen LogP contribution is -2.09. The van der Waals surface area contributed by atoms with Gasteiger partial charge < -0.3 is 9.55 Å². The van der Waals surface area contributed by atoms with Gasteiger partial charge in [-0.25, -0.2) is 8.78 Å². The Morgan fingerprint density at radius 3 is 2.26 bits per heavy atom. The van der Waals surface area contributed by atoms with E-state index in [1.165, 1.54) is 4.57 Å². The number of aromatic nitrogens is 2. The fourth-order valence-corrected chi connectivity index (χ4v) is 3.32. The number of aromatic amines is 1. The molecule has 2 aromatic carbocycles. The topological polar surface area (TPSA) is 37.8 Å². The van der Waals surface area contributed by atoms with E-state index in [0.29, 0.717) is 32.9 Å². The minimum atomic E-state index is -0.900. The number of pyridine rings is 1. The predicted molar refractivity (Wildman–Crippen MR) is 104 cm³/mol. The first-order chi connectivity index (χ1) is 12.8. The lowest BCUT2D eigenvalue weighted by Gasteiger charge is -2.11. The zero-order chi connectivity index (χ0) is 19.3. The molecule has 0 aliphatic carbocycles. The summed E-state index contributed by atoms with van der Waals surface area (Å²) in [6, 6.07) is 10.6. The number of fused-ring (bicyclic) bond motifs is 1. The van der Waals surface area contributed by atoms with Gasteiger partial charge in [0.25, 0.3) is 0 Å². The van der Waals surface area contributed by atoms with Crippen molar-refractivity contribution < 1.29 is 8.78 Å². The molecule has 0 saturated heterocycles. The average molecular weight is 385 g/mol. The molecule has 4 rings (SSSR count). The maximum absolute atomic E-state index is 13.2. The molecule has 0 bridgehead atoms. The number of nitrogens with zero attached hydrogens (tertiary/aromatic N) is 1. The van der Waals surface area contributed by atoms with Crippen LogP contribution in [0, 0.1) is 25.5 Å². The first kappa shape index (κ1) is 17.5. The van der Waals surface area contributed by atoms with Gasteiger partial charge in [0.2, 0.25) is 0 Å². The Morgan fingerprint density at radius 2 is 1.63 bits per heavy atom. The number of nitrogens with one attached hydrogen (secondary N) is 1. The molecule has 0 aliphatic heterocycles. The van der Waals surface area contributed by atoms with Crippen LogP contribution in [-0.4, -0.2) is 9.55 Å². The Kier molecular flexibility index (Phi) is 4.12. The van der Waals surface area contributed by atoms with Crippen LogP contribution < -0.4 is 5.43 Å². The second-order valence-electron chi connectivity index (χ2n) is 6.51. The van der Waals surface area contributed by atoms with E-state index in [1.807, 2.05) is 13.0 Å². The molecule has 0 atom stereocenters. The number of hydrogen-bond donors (Lipinski definition) is 1.